The number of nitrogens with zero attached hydrogens (tertiary/aromatic N) is 3. The van der Waals surface area contributed by atoms with Crippen LogP contribution in [0.5, 0.6) is 11.5 Å². The molecule has 3 aromatic carbocycles. The molecular formula is C27H30ClN3O5S. The summed E-state index contributed by atoms with van der Waals surface area (Å²) in [5.74, 6) is 0.679. The summed E-state index contributed by atoms with van der Waals surface area (Å²) in [6.07, 6.45) is 0. The van der Waals surface area contributed by atoms with Gasteiger partial charge in [-0.2, -0.15) is 0 Å². The second-order valence-corrected chi connectivity index (χ2v) is 11.2. The van der Waals surface area contributed by atoms with Crippen LogP contribution in [0.15, 0.2) is 65.6 Å². The summed E-state index contributed by atoms with van der Waals surface area (Å²) in [5, 5.41) is 0.692. The van der Waals surface area contributed by atoms with Gasteiger partial charge in [-0.25, -0.2) is 8.42 Å². The molecule has 37 heavy (non-hydrogen) atoms. The predicted octanol–water partition coefficient (Wildman–Crippen LogP) is 4.45. The molecule has 1 saturated heterocycles. The number of benzene rings is 3. The van der Waals surface area contributed by atoms with Gasteiger partial charge in [-0.05, 0) is 61.0 Å². The maximum absolute atomic E-state index is 13.2. The number of aryl methyl sites for hydroxylation is 1. The Bertz CT molecular complexity index is 1390. The first kappa shape index (κ1) is 26.6. The van der Waals surface area contributed by atoms with Gasteiger partial charge < -0.3 is 19.3 Å². The van der Waals surface area contributed by atoms with Crippen molar-refractivity contribution < 1.29 is 22.7 Å². The molecule has 0 aromatic heterocycles. The van der Waals surface area contributed by atoms with E-state index in [2.05, 4.69) is 4.90 Å². The monoisotopic (exact) mass is 543 g/mol. The molecule has 1 aliphatic rings. The topological polar surface area (TPSA) is 79.4 Å². The Morgan fingerprint density at radius 1 is 0.892 bits per heavy atom. The van der Waals surface area contributed by atoms with E-state index in [1.165, 1.54) is 37.7 Å². The number of carbonyl (C=O) groups is 1. The van der Waals surface area contributed by atoms with Crippen LogP contribution in [0.3, 0.4) is 0 Å². The fourth-order valence-electron chi connectivity index (χ4n) is 4.34. The molecule has 0 unspecified atom stereocenters. The minimum atomic E-state index is -3.85. The van der Waals surface area contributed by atoms with E-state index in [1.807, 2.05) is 30.0 Å². The number of sulfonamides is 1. The van der Waals surface area contributed by atoms with E-state index >= 15 is 0 Å². The fourth-order valence-corrected chi connectivity index (χ4v) is 5.72. The van der Waals surface area contributed by atoms with Crippen molar-refractivity contribution in [1.29, 1.82) is 0 Å². The van der Waals surface area contributed by atoms with Gasteiger partial charge in [0, 0.05) is 55.6 Å². The van der Waals surface area contributed by atoms with Gasteiger partial charge in [-0.1, -0.05) is 17.7 Å². The van der Waals surface area contributed by atoms with Crippen LogP contribution in [0.25, 0.3) is 0 Å². The number of carbonyl (C=O) groups excluding carboxylic acids is 1. The van der Waals surface area contributed by atoms with Crippen molar-refractivity contribution in [2.75, 3.05) is 56.7 Å². The molecule has 1 amide bonds. The third-order valence-electron chi connectivity index (χ3n) is 6.57. The number of halogens is 1. The number of hydrogen-bond acceptors (Lipinski definition) is 6. The molecule has 0 N–H and O–H groups in total. The van der Waals surface area contributed by atoms with Gasteiger partial charge in [0.1, 0.15) is 0 Å². The second kappa shape index (κ2) is 10.9. The zero-order valence-corrected chi connectivity index (χ0v) is 22.8. The molecule has 0 spiro atoms. The summed E-state index contributed by atoms with van der Waals surface area (Å²) in [6, 6.07) is 16.9. The highest BCUT2D eigenvalue weighted by molar-refractivity contribution is 7.92. The van der Waals surface area contributed by atoms with Crippen molar-refractivity contribution in [3.63, 3.8) is 0 Å². The maximum atomic E-state index is 13.2. The number of hydrogen-bond donors (Lipinski definition) is 0. The third-order valence-corrected chi connectivity index (χ3v) is 8.59. The molecular weight excluding hydrogens is 514 g/mol. The van der Waals surface area contributed by atoms with Crippen LogP contribution in [0.4, 0.5) is 11.4 Å². The van der Waals surface area contributed by atoms with Gasteiger partial charge in [0.05, 0.1) is 24.8 Å². The van der Waals surface area contributed by atoms with E-state index < -0.39 is 10.0 Å². The lowest BCUT2D eigenvalue weighted by Gasteiger charge is -2.37. The molecule has 1 fully saturated rings. The number of anilines is 2. The lowest BCUT2D eigenvalue weighted by atomic mass is 10.1. The Labute approximate surface area is 223 Å². The zero-order chi connectivity index (χ0) is 26.7. The standard InChI is InChI=1S/C27H30ClN3O5S/c1-19-5-8-21(28)17-24(19)30-13-15-31(16-14-30)27(32)20-6-9-22(10-7-20)29(2)37(33,34)23-11-12-25(35-3)26(18-23)36-4/h5-12,17-18H,13-16H2,1-4H3. The van der Waals surface area contributed by atoms with E-state index in [0.717, 1.165) is 11.3 Å². The van der Waals surface area contributed by atoms with Gasteiger partial charge in [-0.3, -0.25) is 9.10 Å². The third kappa shape index (κ3) is 5.47. The van der Waals surface area contributed by atoms with Gasteiger partial charge >= 0.3 is 0 Å². The fraction of sp³-hybridized carbons (Fsp3) is 0.296. The molecule has 1 heterocycles. The molecule has 1 aliphatic heterocycles. The SMILES string of the molecule is COc1ccc(S(=O)(=O)N(C)c2ccc(C(=O)N3CCN(c4cc(Cl)ccc4C)CC3)cc2)cc1OC. The van der Waals surface area contributed by atoms with Crippen molar-refractivity contribution in [1.82, 2.24) is 4.90 Å². The first-order chi connectivity index (χ1) is 17.6. The van der Waals surface area contributed by atoms with Gasteiger partial charge in [-0.15, -0.1) is 0 Å². The van der Waals surface area contributed by atoms with E-state index in [-0.39, 0.29) is 10.8 Å². The first-order valence-corrected chi connectivity index (χ1v) is 13.6. The van der Waals surface area contributed by atoms with Crippen LogP contribution in [0, 0.1) is 6.92 Å². The zero-order valence-electron chi connectivity index (χ0n) is 21.3. The molecule has 196 valence electrons. The Kier molecular flexibility index (Phi) is 7.85. The van der Waals surface area contributed by atoms with E-state index in [4.69, 9.17) is 21.1 Å². The highest BCUT2D eigenvalue weighted by Gasteiger charge is 2.25. The first-order valence-electron chi connectivity index (χ1n) is 11.8. The Morgan fingerprint density at radius 3 is 2.16 bits per heavy atom. The molecule has 0 bridgehead atoms. The summed E-state index contributed by atoms with van der Waals surface area (Å²) < 4.78 is 38.0. The summed E-state index contributed by atoms with van der Waals surface area (Å²) in [5.41, 5.74) is 3.18. The quantitative estimate of drug-likeness (QED) is 0.438. The summed E-state index contributed by atoms with van der Waals surface area (Å²) >= 11 is 6.18. The molecule has 10 heteroatoms. The number of methoxy groups -OCH3 is 2. The smallest absolute Gasteiger partial charge is 0.264 e. The summed E-state index contributed by atoms with van der Waals surface area (Å²) in [6.45, 7) is 4.63. The van der Waals surface area contributed by atoms with Crippen LogP contribution in [0.2, 0.25) is 5.02 Å². The predicted molar refractivity (Wildman–Crippen MR) is 146 cm³/mol. The molecule has 0 saturated carbocycles. The average molecular weight is 544 g/mol. The van der Waals surface area contributed by atoms with Crippen molar-refractivity contribution in [3.05, 3.63) is 76.8 Å². The van der Waals surface area contributed by atoms with Crippen LogP contribution in [0.1, 0.15) is 15.9 Å². The second-order valence-electron chi connectivity index (χ2n) is 8.75. The van der Waals surface area contributed by atoms with Gasteiger partial charge in [0.25, 0.3) is 15.9 Å². The lowest BCUT2D eigenvalue weighted by Crippen LogP contribution is -2.49. The van der Waals surface area contributed by atoms with E-state index in [0.29, 0.717) is 54.0 Å². The molecule has 3 aromatic rings. The van der Waals surface area contributed by atoms with Crippen LogP contribution < -0.4 is 18.7 Å². The van der Waals surface area contributed by atoms with Crippen molar-refractivity contribution in [2.45, 2.75) is 11.8 Å². The van der Waals surface area contributed by atoms with E-state index in [1.54, 1.807) is 30.3 Å². The maximum Gasteiger partial charge on any atom is 0.264 e. The average Bonchev–Trinajstić information content (AvgIpc) is 2.93. The van der Waals surface area contributed by atoms with Crippen molar-refractivity contribution >= 4 is 38.9 Å². The highest BCUT2D eigenvalue weighted by Crippen LogP contribution is 2.32. The normalized spacial score (nSPS) is 13.9. The summed E-state index contributed by atoms with van der Waals surface area (Å²) in [7, 11) is 0.555. The van der Waals surface area contributed by atoms with Gasteiger partial charge in [0.2, 0.25) is 0 Å². The highest BCUT2D eigenvalue weighted by atomic mass is 35.5. The summed E-state index contributed by atoms with van der Waals surface area (Å²) in [4.78, 5) is 17.2. The number of amides is 1. The molecule has 0 atom stereocenters. The molecule has 0 aliphatic carbocycles. The Morgan fingerprint density at radius 2 is 1.54 bits per heavy atom. The van der Waals surface area contributed by atoms with Crippen molar-refractivity contribution in [2.24, 2.45) is 0 Å². The van der Waals surface area contributed by atoms with Crippen molar-refractivity contribution in [3.8, 4) is 11.5 Å². The van der Waals surface area contributed by atoms with Crippen LogP contribution >= 0.6 is 11.6 Å². The minimum Gasteiger partial charge on any atom is -0.493 e. The molecule has 4 rings (SSSR count). The molecule has 8 nitrogen and oxygen atoms in total. The lowest BCUT2D eigenvalue weighted by molar-refractivity contribution is 0.0747. The van der Waals surface area contributed by atoms with Gasteiger partial charge in [0.15, 0.2) is 11.5 Å². The Hall–Kier alpha value is -3.43. The number of piperazine rings is 1. The number of ether oxygens (including phenoxy) is 2. The number of rotatable bonds is 7. The Balaban J connectivity index is 1.44. The van der Waals surface area contributed by atoms with Crippen LogP contribution in [-0.4, -0.2) is 66.7 Å². The van der Waals surface area contributed by atoms with Crippen LogP contribution in [-0.2, 0) is 10.0 Å². The molecule has 0 radical (unpaired) electrons. The minimum absolute atomic E-state index is 0.0700. The largest absolute Gasteiger partial charge is 0.493 e. The van der Waals surface area contributed by atoms with E-state index in [9.17, 15) is 13.2 Å².